The van der Waals surface area contributed by atoms with Gasteiger partial charge < -0.3 is 14.6 Å². The van der Waals surface area contributed by atoms with Crippen molar-refractivity contribution in [1.82, 2.24) is 14.4 Å². The van der Waals surface area contributed by atoms with Crippen molar-refractivity contribution < 1.29 is 23.5 Å². The van der Waals surface area contributed by atoms with Crippen LogP contribution in [-0.2, 0) is 18.6 Å². The van der Waals surface area contributed by atoms with Gasteiger partial charge in [-0.3, -0.25) is 9.69 Å². The van der Waals surface area contributed by atoms with Crippen LogP contribution in [0.2, 0.25) is 0 Å². The highest BCUT2D eigenvalue weighted by molar-refractivity contribution is 5.94. The van der Waals surface area contributed by atoms with Crippen LogP contribution < -0.4 is 0 Å². The van der Waals surface area contributed by atoms with Gasteiger partial charge in [0.15, 0.2) is 0 Å². The number of fused-ring (bicyclic) bond motifs is 2. The molecule has 1 spiro atoms. The minimum atomic E-state index is -0.975. The van der Waals surface area contributed by atoms with Crippen molar-refractivity contribution in [1.29, 1.82) is 0 Å². The van der Waals surface area contributed by atoms with Gasteiger partial charge in [-0.25, -0.2) is 13.6 Å². The standard InChI is InChI=1S/C21H23F2N3O3/c1-24(2)19(27)13-10-15(22)14(16(23)11-13)12-25-8-9-26-17(20(28)29)4-5-18(26)21(25)6-3-7-21/h4-5,10-11H,3,6-9,12H2,1-2H3,(H,28,29). The zero-order chi connectivity index (χ0) is 20.9. The number of amides is 1. The summed E-state index contributed by atoms with van der Waals surface area (Å²) in [7, 11) is 3.06. The quantitative estimate of drug-likeness (QED) is 0.852. The van der Waals surface area contributed by atoms with Gasteiger partial charge in [0.2, 0.25) is 0 Å². The first-order valence-electron chi connectivity index (χ1n) is 9.62. The predicted molar refractivity (Wildman–Crippen MR) is 102 cm³/mol. The van der Waals surface area contributed by atoms with Crippen molar-refractivity contribution in [3.8, 4) is 0 Å². The molecule has 4 rings (SSSR count). The number of hydrogen-bond acceptors (Lipinski definition) is 3. The molecule has 2 heterocycles. The molecule has 154 valence electrons. The number of halogens is 2. The zero-order valence-corrected chi connectivity index (χ0v) is 16.4. The highest BCUT2D eigenvalue weighted by Gasteiger charge is 2.48. The molecular weight excluding hydrogens is 380 g/mol. The molecule has 1 aliphatic heterocycles. The number of nitrogens with zero attached hydrogens (tertiary/aromatic N) is 3. The van der Waals surface area contributed by atoms with Crippen LogP contribution in [-0.4, -0.2) is 52.0 Å². The average molecular weight is 403 g/mol. The van der Waals surface area contributed by atoms with E-state index in [2.05, 4.69) is 0 Å². The molecule has 1 saturated carbocycles. The van der Waals surface area contributed by atoms with Crippen LogP contribution in [0.3, 0.4) is 0 Å². The first kappa shape index (κ1) is 19.6. The number of aromatic carboxylic acids is 1. The number of aromatic nitrogens is 1. The lowest BCUT2D eigenvalue weighted by molar-refractivity contribution is -0.0232. The molecule has 6 nitrogen and oxygen atoms in total. The largest absolute Gasteiger partial charge is 0.477 e. The fourth-order valence-electron chi connectivity index (χ4n) is 4.54. The number of carboxylic acids is 1. The van der Waals surface area contributed by atoms with E-state index in [-0.39, 0.29) is 23.4 Å². The number of rotatable bonds is 4. The summed E-state index contributed by atoms with van der Waals surface area (Å²) in [6, 6.07) is 5.59. The summed E-state index contributed by atoms with van der Waals surface area (Å²) in [6.07, 6.45) is 2.61. The van der Waals surface area contributed by atoms with Gasteiger partial charge in [-0.1, -0.05) is 0 Å². The maximum atomic E-state index is 14.7. The molecule has 1 aromatic heterocycles. The van der Waals surface area contributed by atoms with Gasteiger partial charge in [0, 0.05) is 50.6 Å². The van der Waals surface area contributed by atoms with Crippen molar-refractivity contribution >= 4 is 11.9 Å². The summed E-state index contributed by atoms with van der Waals surface area (Å²) >= 11 is 0. The number of carboxylic acid groups (broad SMARTS) is 1. The molecule has 8 heteroatoms. The molecule has 1 fully saturated rings. The lowest BCUT2D eigenvalue weighted by Gasteiger charge is -2.53. The summed E-state index contributed by atoms with van der Waals surface area (Å²) in [5.74, 6) is -2.91. The van der Waals surface area contributed by atoms with E-state index in [0.717, 1.165) is 37.1 Å². The number of carbonyl (C=O) groups is 2. The number of carbonyl (C=O) groups excluding carboxylic acids is 1. The minimum Gasteiger partial charge on any atom is -0.477 e. The Balaban J connectivity index is 1.66. The first-order chi connectivity index (χ1) is 13.7. The molecule has 1 N–H and O–H groups in total. The minimum absolute atomic E-state index is 0.0225. The lowest BCUT2D eigenvalue weighted by Crippen LogP contribution is -2.56. The Kier molecular flexibility index (Phi) is 4.69. The van der Waals surface area contributed by atoms with Gasteiger partial charge in [-0.15, -0.1) is 0 Å². The molecule has 2 aliphatic rings. The van der Waals surface area contributed by atoms with Gasteiger partial charge in [0.1, 0.15) is 17.3 Å². The molecule has 1 aromatic carbocycles. The highest BCUT2D eigenvalue weighted by atomic mass is 19.1. The Morgan fingerprint density at radius 1 is 1.14 bits per heavy atom. The van der Waals surface area contributed by atoms with Gasteiger partial charge >= 0.3 is 5.97 Å². The lowest BCUT2D eigenvalue weighted by atomic mass is 9.71. The summed E-state index contributed by atoms with van der Waals surface area (Å²) in [5.41, 5.74) is 0.654. The molecule has 1 aliphatic carbocycles. The third-order valence-corrected chi connectivity index (χ3v) is 6.20. The van der Waals surface area contributed by atoms with Crippen LogP contribution >= 0.6 is 0 Å². The van der Waals surface area contributed by atoms with Crippen LogP contribution in [0.25, 0.3) is 0 Å². The smallest absolute Gasteiger partial charge is 0.352 e. The van der Waals surface area contributed by atoms with E-state index < -0.39 is 29.0 Å². The second-order valence-corrected chi connectivity index (χ2v) is 7.99. The molecule has 0 saturated heterocycles. The highest BCUT2D eigenvalue weighted by Crippen LogP contribution is 2.49. The Hall–Kier alpha value is -2.74. The Morgan fingerprint density at radius 3 is 2.31 bits per heavy atom. The second-order valence-electron chi connectivity index (χ2n) is 7.99. The van der Waals surface area contributed by atoms with E-state index >= 15 is 0 Å². The topological polar surface area (TPSA) is 65.8 Å². The molecule has 0 atom stereocenters. The summed E-state index contributed by atoms with van der Waals surface area (Å²) in [4.78, 5) is 26.8. The third kappa shape index (κ3) is 3.02. The summed E-state index contributed by atoms with van der Waals surface area (Å²) < 4.78 is 31.3. The van der Waals surface area contributed by atoms with Crippen molar-refractivity contribution in [3.63, 3.8) is 0 Å². The normalized spacial score (nSPS) is 17.7. The molecule has 2 aromatic rings. The molecular formula is C21H23F2N3O3. The van der Waals surface area contributed by atoms with E-state index in [0.29, 0.717) is 13.1 Å². The zero-order valence-electron chi connectivity index (χ0n) is 16.4. The molecule has 0 unspecified atom stereocenters. The van der Waals surface area contributed by atoms with Gasteiger partial charge in [-0.05, 0) is 43.5 Å². The summed E-state index contributed by atoms with van der Waals surface area (Å²) in [5, 5.41) is 9.41. The van der Waals surface area contributed by atoms with E-state index in [1.165, 1.54) is 19.0 Å². The SMILES string of the molecule is CN(C)C(=O)c1cc(F)c(CN2CCn3c(C(=O)O)ccc3C23CCC3)c(F)c1. The van der Waals surface area contributed by atoms with E-state index in [4.69, 9.17) is 0 Å². The van der Waals surface area contributed by atoms with Crippen LogP contribution in [0.5, 0.6) is 0 Å². The van der Waals surface area contributed by atoms with Crippen LogP contribution in [0.4, 0.5) is 8.78 Å². The number of benzene rings is 1. The Bertz CT molecular complexity index is 972. The first-order valence-corrected chi connectivity index (χ1v) is 9.62. The number of hydrogen-bond donors (Lipinski definition) is 1. The van der Waals surface area contributed by atoms with Gasteiger partial charge in [-0.2, -0.15) is 0 Å². The average Bonchev–Trinajstić information content (AvgIpc) is 3.06. The van der Waals surface area contributed by atoms with Crippen molar-refractivity contribution in [3.05, 3.63) is 58.4 Å². The van der Waals surface area contributed by atoms with Gasteiger partial charge in [0.05, 0.1) is 5.54 Å². The molecule has 0 radical (unpaired) electrons. The Morgan fingerprint density at radius 2 is 1.79 bits per heavy atom. The van der Waals surface area contributed by atoms with E-state index in [1.807, 2.05) is 15.5 Å². The van der Waals surface area contributed by atoms with Gasteiger partial charge in [0.25, 0.3) is 5.91 Å². The van der Waals surface area contributed by atoms with Crippen LogP contribution in [0.1, 0.15) is 51.4 Å². The Labute approximate surface area is 167 Å². The predicted octanol–water partition coefficient (Wildman–Crippen LogP) is 3.06. The summed E-state index contributed by atoms with van der Waals surface area (Å²) in [6.45, 7) is 1.02. The molecule has 1 amide bonds. The molecule has 29 heavy (non-hydrogen) atoms. The maximum absolute atomic E-state index is 14.7. The van der Waals surface area contributed by atoms with Crippen LogP contribution in [0.15, 0.2) is 24.3 Å². The van der Waals surface area contributed by atoms with Crippen molar-refractivity contribution in [2.45, 2.75) is 37.9 Å². The van der Waals surface area contributed by atoms with E-state index in [9.17, 15) is 23.5 Å². The second kappa shape index (κ2) is 6.95. The fourth-order valence-corrected chi connectivity index (χ4v) is 4.54. The maximum Gasteiger partial charge on any atom is 0.352 e. The fraction of sp³-hybridized carbons (Fsp3) is 0.429. The van der Waals surface area contributed by atoms with Crippen molar-refractivity contribution in [2.24, 2.45) is 0 Å². The monoisotopic (exact) mass is 403 g/mol. The molecule has 0 bridgehead atoms. The van der Waals surface area contributed by atoms with E-state index in [1.54, 1.807) is 6.07 Å². The van der Waals surface area contributed by atoms with Crippen LogP contribution in [0, 0.1) is 11.6 Å². The van der Waals surface area contributed by atoms with Crippen molar-refractivity contribution in [2.75, 3.05) is 20.6 Å². The third-order valence-electron chi connectivity index (χ3n) is 6.20.